The number of hydrogen-bond acceptors (Lipinski definition) is 12. The fourth-order valence-electron chi connectivity index (χ4n) is 4.61. The van der Waals surface area contributed by atoms with Crippen molar-refractivity contribution >= 4 is 23.2 Å². The van der Waals surface area contributed by atoms with Crippen LogP contribution in [0.4, 0.5) is 0 Å². The van der Waals surface area contributed by atoms with Gasteiger partial charge in [-0.15, -0.1) is 0 Å². The van der Waals surface area contributed by atoms with Crippen LogP contribution in [0.25, 0.3) is 0 Å². The molecule has 16 nitrogen and oxygen atoms in total. The minimum Gasteiger partial charge on any atom is -0.450 e. The largest absolute Gasteiger partial charge is 0.450 e. The van der Waals surface area contributed by atoms with E-state index in [1.165, 1.54) is 75.1 Å². The third kappa shape index (κ3) is 9.47. The summed E-state index contributed by atoms with van der Waals surface area (Å²) in [6, 6.07) is 12.9. The van der Waals surface area contributed by atoms with Gasteiger partial charge in [0.25, 0.3) is 22.2 Å². The third-order valence-corrected chi connectivity index (χ3v) is 7.65. The molecule has 0 aliphatic heterocycles. The van der Waals surface area contributed by atoms with Gasteiger partial charge in [-0.2, -0.15) is 10.5 Å². The Morgan fingerprint density at radius 1 is 0.717 bits per heavy atom. The summed E-state index contributed by atoms with van der Waals surface area (Å²) in [5, 5.41) is 18.7. The number of aromatic nitrogens is 8. The topological polar surface area (TPSA) is 216 Å². The summed E-state index contributed by atoms with van der Waals surface area (Å²) in [6.07, 6.45) is 8.05. The molecule has 0 atom stereocenters. The Balaban J connectivity index is 0.000000204. The highest BCUT2D eigenvalue weighted by atomic mass is 35.5. The zero-order valence-corrected chi connectivity index (χ0v) is 29.6. The lowest BCUT2D eigenvalue weighted by Crippen LogP contribution is -2.25. The fourth-order valence-corrected chi connectivity index (χ4v) is 5.06. The number of nitrogens with one attached hydrogen (secondary N) is 1. The maximum absolute atomic E-state index is 12.8. The number of rotatable bonds is 8. The van der Waals surface area contributed by atoms with Crippen molar-refractivity contribution in [1.82, 2.24) is 38.6 Å². The molecule has 4 heterocycles. The molecule has 2 aromatic carbocycles. The fraction of sp³-hybridized carbons (Fsp3) is 0.143. The molecule has 0 aliphatic rings. The molecule has 6 rings (SSSR count). The van der Waals surface area contributed by atoms with E-state index in [1.54, 1.807) is 27.1 Å². The average Bonchev–Trinajstić information content (AvgIpc) is 3.13. The Morgan fingerprint density at radius 2 is 1.21 bits per heavy atom. The normalized spacial score (nSPS) is 10.4. The Hall–Kier alpha value is -6.88. The molecule has 0 radical (unpaired) electrons. The molecule has 0 bridgehead atoms. The van der Waals surface area contributed by atoms with Crippen molar-refractivity contribution in [1.29, 1.82) is 10.5 Å². The molecule has 18 heteroatoms. The van der Waals surface area contributed by atoms with Crippen LogP contribution in [0.5, 0.6) is 23.0 Å². The maximum Gasteiger partial charge on any atom is 0.296 e. The number of aryl methyl sites for hydroxylation is 3. The minimum absolute atomic E-state index is 0.0167. The van der Waals surface area contributed by atoms with Gasteiger partial charge in [0.05, 0.1) is 84.2 Å². The molecule has 266 valence electrons. The highest BCUT2D eigenvalue weighted by molar-refractivity contribution is 6.31. The first-order valence-electron chi connectivity index (χ1n) is 15.3. The van der Waals surface area contributed by atoms with Gasteiger partial charge in [-0.25, -0.2) is 9.97 Å². The van der Waals surface area contributed by atoms with Gasteiger partial charge in [-0.05, 0) is 50.2 Å². The van der Waals surface area contributed by atoms with E-state index in [1.807, 2.05) is 12.1 Å². The second kappa shape index (κ2) is 16.4. The van der Waals surface area contributed by atoms with Crippen molar-refractivity contribution in [3.05, 3.63) is 159 Å². The Bertz CT molecular complexity index is 2650. The first kappa shape index (κ1) is 37.4. The Morgan fingerprint density at radius 3 is 1.66 bits per heavy atom. The van der Waals surface area contributed by atoms with Crippen LogP contribution in [0.15, 0.2) is 93.0 Å². The molecule has 0 fully saturated rings. The van der Waals surface area contributed by atoms with E-state index in [0.717, 1.165) is 6.20 Å². The molecule has 1 N–H and O–H groups in total. The molecule has 0 saturated carbocycles. The average molecular weight is 754 g/mol. The summed E-state index contributed by atoms with van der Waals surface area (Å²) >= 11 is 11.9. The number of halogens is 2. The Labute approximate surface area is 309 Å². The van der Waals surface area contributed by atoms with E-state index in [2.05, 4.69) is 24.9 Å². The zero-order valence-electron chi connectivity index (χ0n) is 28.1. The third-order valence-electron chi connectivity index (χ3n) is 7.21. The number of nitrogens with zero attached hydrogens (tertiary/aromatic N) is 9. The zero-order chi connectivity index (χ0) is 38.2. The van der Waals surface area contributed by atoms with Crippen molar-refractivity contribution in [2.45, 2.75) is 26.9 Å². The number of H-pyrrole nitrogens is 1. The monoisotopic (exact) mass is 752 g/mol. The predicted molar refractivity (Wildman–Crippen MR) is 191 cm³/mol. The molecule has 0 aliphatic carbocycles. The summed E-state index contributed by atoms with van der Waals surface area (Å²) in [7, 11) is 1.60. The van der Waals surface area contributed by atoms with Crippen LogP contribution in [-0.2, 0) is 20.1 Å². The van der Waals surface area contributed by atoms with Gasteiger partial charge in [-0.1, -0.05) is 23.2 Å². The summed E-state index contributed by atoms with van der Waals surface area (Å²) in [5.74, 6) is 0.562. The number of benzene rings is 2. The van der Waals surface area contributed by atoms with Crippen LogP contribution in [0.1, 0.15) is 33.9 Å². The summed E-state index contributed by atoms with van der Waals surface area (Å²) in [5.41, 5.74) is 0.986. The minimum atomic E-state index is -0.427. The van der Waals surface area contributed by atoms with Gasteiger partial charge in [0.1, 0.15) is 11.5 Å². The summed E-state index contributed by atoms with van der Waals surface area (Å²) in [4.78, 5) is 66.8. The lowest BCUT2D eigenvalue weighted by molar-refractivity contribution is 0.457. The van der Waals surface area contributed by atoms with Gasteiger partial charge < -0.3 is 19.0 Å². The van der Waals surface area contributed by atoms with Crippen molar-refractivity contribution in [3.63, 3.8) is 0 Å². The van der Waals surface area contributed by atoms with Crippen LogP contribution in [-0.4, -0.2) is 38.6 Å². The van der Waals surface area contributed by atoms with Crippen molar-refractivity contribution < 1.29 is 9.47 Å². The van der Waals surface area contributed by atoms with E-state index < -0.39 is 11.1 Å². The molecule has 4 aromatic heterocycles. The quantitative estimate of drug-likeness (QED) is 0.233. The van der Waals surface area contributed by atoms with Crippen molar-refractivity contribution in [3.8, 4) is 35.1 Å². The highest BCUT2D eigenvalue weighted by Gasteiger charge is 2.15. The van der Waals surface area contributed by atoms with Gasteiger partial charge in [-0.3, -0.25) is 38.3 Å². The van der Waals surface area contributed by atoms with Gasteiger partial charge in [0.2, 0.25) is 11.5 Å². The van der Waals surface area contributed by atoms with E-state index in [4.69, 9.17) is 43.2 Å². The molecule has 6 aromatic rings. The van der Waals surface area contributed by atoms with E-state index >= 15 is 0 Å². The number of nitriles is 2. The first-order chi connectivity index (χ1) is 25.3. The predicted octanol–water partition coefficient (Wildman–Crippen LogP) is 4.01. The van der Waals surface area contributed by atoms with E-state index in [-0.39, 0.29) is 47.2 Å². The van der Waals surface area contributed by atoms with Gasteiger partial charge >= 0.3 is 0 Å². The second-order valence-electron chi connectivity index (χ2n) is 11.2. The first-order valence-corrected chi connectivity index (χ1v) is 16.0. The van der Waals surface area contributed by atoms with Crippen LogP contribution in [0.3, 0.4) is 0 Å². The van der Waals surface area contributed by atoms with E-state index in [9.17, 15) is 19.2 Å². The van der Waals surface area contributed by atoms with Crippen LogP contribution >= 0.6 is 23.2 Å². The lowest BCUT2D eigenvalue weighted by atomic mass is 10.2. The molecular weight excluding hydrogens is 727 g/mol. The van der Waals surface area contributed by atoms with E-state index in [0.29, 0.717) is 43.9 Å². The summed E-state index contributed by atoms with van der Waals surface area (Å²) < 4.78 is 15.3. The molecule has 0 unspecified atom stereocenters. The smallest absolute Gasteiger partial charge is 0.296 e. The second-order valence-corrected chi connectivity index (χ2v) is 12.1. The SMILES string of the molecule is Cc1ncn(Cc2c[nH]c(=O)cn2)c(=O)c1Oc1cc(Cl)cc(C#N)c1.Cc1ncn(Cc2cn(C)c(=O)cn2)c(=O)c1Oc1cc(Cl)cc(C#N)c1. The lowest BCUT2D eigenvalue weighted by Gasteiger charge is -2.11. The van der Waals surface area contributed by atoms with Gasteiger partial charge in [0.15, 0.2) is 0 Å². The van der Waals surface area contributed by atoms with Crippen molar-refractivity contribution in [2.75, 3.05) is 0 Å². The van der Waals surface area contributed by atoms with Crippen LogP contribution < -0.4 is 31.7 Å². The van der Waals surface area contributed by atoms with Gasteiger partial charge in [0, 0.05) is 29.5 Å². The van der Waals surface area contributed by atoms with Crippen LogP contribution in [0, 0.1) is 36.5 Å². The Kier molecular flexibility index (Phi) is 11.6. The maximum atomic E-state index is 12.8. The molecule has 0 saturated heterocycles. The molecule has 53 heavy (non-hydrogen) atoms. The molecule has 0 amide bonds. The molecule has 0 spiro atoms. The number of ether oxygens (including phenoxy) is 2. The standard InChI is InChI=1S/C18H14ClN5O3.C17H12ClN5O3/c1-11-17(27-15-4-12(6-20)3-13(19)5-15)18(26)24(10-22-11)9-14-8-23(2)16(25)7-21-14;1-10-16(26-14-3-11(5-19)2-12(18)4-14)17(25)23(9-22-10)8-13-6-21-15(24)7-20-13/h3-5,7-8,10H,9H2,1-2H3;2-4,6-7,9H,8H2,1H3,(H,21,24). The highest BCUT2D eigenvalue weighted by Crippen LogP contribution is 2.27. The van der Waals surface area contributed by atoms with Crippen LogP contribution in [0.2, 0.25) is 10.0 Å². The number of aromatic amines is 1. The summed E-state index contributed by atoms with van der Waals surface area (Å²) in [6.45, 7) is 3.50. The molecular formula is C35H26Cl2N10O6. The van der Waals surface area contributed by atoms with Crippen molar-refractivity contribution in [2.24, 2.45) is 7.05 Å². The number of hydrogen-bond donors (Lipinski definition) is 1.